The normalized spacial score (nSPS) is 14.9. The fourth-order valence-corrected chi connectivity index (χ4v) is 2.39. The van der Waals surface area contributed by atoms with Gasteiger partial charge in [-0.05, 0) is 49.8 Å². The Bertz CT molecular complexity index is 528. The van der Waals surface area contributed by atoms with Gasteiger partial charge in [0.05, 0.1) is 6.10 Å². The minimum absolute atomic E-state index is 0.0873. The Morgan fingerprint density at radius 1 is 1.33 bits per heavy atom. The third-order valence-corrected chi connectivity index (χ3v) is 3.51. The summed E-state index contributed by atoms with van der Waals surface area (Å²) in [5, 5.41) is 2.39. The third-order valence-electron chi connectivity index (χ3n) is 3.51. The SMILES string of the molecule is NC(=O)C(=O)NCCc1ccc(F)c(OC2CCCC2)c1. The molecule has 0 spiro atoms. The number of hydrogen-bond donors (Lipinski definition) is 2. The van der Waals surface area contributed by atoms with Gasteiger partial charge in [-0.2, -0.15) is 0 Å². The van der Waals surface area contributed by atoms with Gasteiger partial charge in [0.15, 0.2) is 11.6 Å². The molecule has 0 saturated heterocycles. The van der Waals surface area contributed by atoms with E-state index in [0.29, 0.717) is 6.42 Å². The summed E-state index contributed by atoms with van der Waals surface area (Å²) in [5.41, 5.74) is 5.66. The summed E-state index contributed by atoms with van der Waals surface area (Å²) in [6.07, 6.45) is 4.71. The molecule has 0 atom stereocenters. The number of ether oxygens (including phenoxy) is 1. The average Bonchev–Trinajstić information content (AvgIpc) is 2.95. The first kappa shape index (κ1) is 15.3. The Morgan fingerprint density at radius 3 is 2.71 bits per heavy atom. The van der Waals surface area contributed by atoms with Gasteiger partial charge in [0.1, 0.15) is 0 Å². The van der Waals surface area contributed by atoms with Crippen LogP contribution in [0.25, 0.3) is 0 Å². The van der Waals surface area contributed by atoms with E-state index in [9.17, 15) is 14.0 Å². The number of primary amides is 1. The smallest absolute Gasteiger partial charge is 0.309 e. The Balaban J connectivity index is 1.91. The lowest BCUT2D eigenvalue weighted by Gasteiger charge is -2.14. The van der Waals surface area contributed by atoms with Crippen LogP contribution in [0.3, 0.4) is 0 Å². The van der Waals surface area contributed by atoms with Crippen molar-refractivity contribution in [3.8, 4) is 5.75 Å². The van der Waals surface area contributed by atoms with E-state index in [4.69, 9.17) is 10.5 Å². The Morgan fingerprint density at radius 2 is 2.05 bits per heavy atom. The summed E-state index contributed by atoms with van der Waals surface area (Å²) in [4.78, 5) is 21.6. The fourth-order valence-electron chi connectivity index (χ4n) is 2.39. The number of hydrogen-bond acceptors (Lipinski definition) is 3. The fraction of sp³-hybridized carbons (Fsp3) is 0.467. The van der Waals surface area contributed by atoms with Crippen LogP contribution in [-0.4, -0.2) is 24.5 Å². The van der Waals surface area contributed by atoms with Crippen molar-refractivity contribution in [1.29, 1.82) is 0 Å². The Kier molecular flexibility index (Phi) is 5.14. The van der Waals surface area contributed by atoms with Crippen LogP contribution >= 0.6 is 0 Å². The topological polar surface area (TPSA) is 81.4 Å². The molecule has 21 heavy (non-hydrogen) atoms. The van der Waals surface area contributed by atoms with Crippen LogP contribution in [0, 0.1) is 5.82 Å². The molecule has 2 amide bonds. The molecule has 2 rings (SSSR count). The van der Waals surface area contributed by atoms with E-state index < -0.39 is 11.8 Å². The molecule has 1 aromatic carbocycles. The number of nitrogens with one attached hydrogen (secondary N) is 1. The van der Waals surface area contributed by atoms with E-state index in [1.54, 1.807) is 12.1 Å². The molecule has 0 radical (unpaired) electrons. The number of halogens is 1. The minimum Gasteiger partial charge on any atom is -0.487 e. The number of carbonyl (C=O) groups is 2. The van der Waals surface area contributed by atoms with E-state index in [1.807, 2.05) is 0 Å². The van der Waals surface area contributed by atoms with Crippen molar-refractivity contribution < 1.29 is 18.7 Å². The standard InChI is InChI=1S/C15H19FN2O3/c16-12-6-5-10(7-8-18-15(20)14(17)19)9-13(12)21-11-3-1-2-4-11/h5-6,9,11H,1-4,7-8H2,(H2,17,19)(H,18,20). The van der Waals surface area contributed by atoms with Crippen LogP contribution in [0.15, 0.2) is 18.2 Å². The number of amides is 2. The first-order valence-electron chi connectivity index (χ1n) is 7.09. The van der Waals surface area contributed by atoms with Crippen LogP contribution in [0.5, 0.6) is 5.75 Å². The van der Waals surface area contributed by atoms with E-state index >= 15 is 0 Å². The number of rotatable bonds is 5. The van der Waals surface area contributed by atoms with Gasteiger partial charge >= 0.3 is 11.8 Å². The van der Waals surface area contributed by atoms with Crippen molar-refractivity contribution in [3.05, 3.63) is 29.6 Å². The maximum Gasteiger partial charge on any atom is 0.309 e. The highest BCUT2D eigenvalue weighted by molar-refractivity contribution is 6.34. The van der Waals surface area contributed by atoms with Gasteiger partial charge in [-0.3, -0.25) is 9.59 Å². The number of nitrogens with two attached hydrogens (primary N) is 1. The van der Waals surface area contributed by atoms with Crippen LogP contribution in [0.2, 0.25) is 0 Å². The lowest BCUT2D eigenvalue weighted by Crippen LogP contribution is -2.37. The molecule has 0 aromatic heterocycles. The highest BCUT2D eigenvalue weighted by Gasteiger charge is 2.18. The molecular weight excluding hydrogens is 275 g/mol. The highest BCUT2D eigenvalue weighted by atomic mass is 19.1. The second kappa shape index (κ2) is 7.06. The molecule has 1 aromatic rings. The van der Waals surface area contributed by atoms with Gasteiger partial charge in [-0.25, -0.2) is 4.39 Å². The first-order valence-corrected chi connectivity index (χ1v) is 7.09. The maximum atomic E-state index is 13.7. The predicted octanol–water partition coefficient (Wildman–Crippen LogP) is 1.29. The van der Waals surface area contributed by atoms with Gasteiger partial charge in [0, 0.05) is 6.54 Å². The maximum absolute atomic E-state index is 13.7. The van der Waals surface area contributed by atoms with Crippen molar-refractivity contribution in [2.75, 3.05) is 6.54 Å². The van der Waals surface area contributed by atoms with Crippen LogP contribution in [-0.2, 0) is 16.0 Å². The van der Waals surface area contributed by atoms with Gasteiger partial charge in [0.2, 0.25) is 0 Å². The van der Waals surface area contributed by atoms with Crippen molar-refractivity contribution >= 4 is 11.8 Å². The van der Waals surface area contributed by atoms with Crippen molar-refractivity contribution in [2.24, 2.45) is 5.73 Å². The monoisotopic (exact) mass is 294 g/mol. The van der Waals surface area contributed by atoms with Crippen LogP contribution in [0.1, 0.15) is 31.2 Å². The summed E-state index contributed by atoms with van der Waals surface area (Å²) in [5.74, 6) is -1.97. The predicted molar refractivity (Wildman–Crippen MR) is 75.2 cm³/mol. The molecule has 0 aliphatic heterocycles. The quantitative estimate of drug-likeness (QED) is 0.803. The molecule has 5 nitrogen and oxygen atoms in total. The van der Waals surface area contributed by atoms with E-state index in [1.165, 1.54) is 6.07 Å². The largest absolute Gasteiger partial charge is 0.487 e. The minimum atomic E-state index is -1.01. The second-order valence-electron chi connectivity index (χ2n) is 5.16. The molecular formula is C15H19FN2O3. The molecule has 1 aliphatic carbocycles. The van der Waals surface area contributed by atoms with Crippen LogP contribution in [0.4, 0.5) is 4.39 Å². The van der Waals surface area contributed by atoms with Gasteiger partial charge in [-0.1, -0.05) is 6.07 Å². The van der Waals surface area contributed by atoms with E-state index in [-0.39, 0.29) is 24.2 Å². The van der Waals surface area contributed by atoms with Crippen molar-refractivity contribution in [1.82, 2.24) is 5.32 Å². The summed E-state index contributed by atoms with van der Waals surface area (Å²) in [6, 6.07) is 4.63. The average molecular weight is 294 g/mol. The molecule has 3 N–H and O–H groups in total. The lowest BCUT2D eigenvalue weighted by molar-refractivity contribution is -0.137. The number of carbonyl (C=O) groups excluding carboxylic acids is 2. The zero-order chi connectivity index (χ0) is 15.2. The van der Waals surface area contributed by atoms with Crippen LogP contribution < -0.4 is 15.8 Å². The van der Waals surface area contributed by atoms with Crippen molar-refractivity contribution in [3.63, 3.8) is 0 Å². The molecule has 0 bridgehead atoms. The molecule has 1 aliphatic rings. The van der Waals surface area contributed by atoms with Gasteiger partial charge < -0.3 is 15.8 Å². The molecule has 1 saturated carbocycles. The van der Waals surface area contributed by atoms with Gasteiger partial charge in [0.25, 0.3) is 0 Å². The highest BCUT2D eigenvalue weighted by Crippen LogP contribution is 2.26. The molecule has 0 unspecified atom stereocenters. The summed E-state index contributed by atoms with van der Waals surface area (Å²) < 4.78 is 19.4. The molecule has 6 heteroatoms. The zero-order valence-electron chi connectivity index (χ0n) is 11.7. The van der Waals surface area contributed by atoms with Crippen molar-refractivity contribution in [2.45, 2.75) is 38.2 Å². The summed E-state index contributed by atoms with van der Waals surface area (Å²) in [7, 11) is 0. The zero-order valence-corrected chi connectivity index (χ0v) is 11.7. The number of benzene rings is 1. The Labute approximate surface area is 122 Å². The van der Waals surface area contributed by atoms with Gasteiger partial charge in [-0.15, -0.1) is 0 Å². The molecule has 1 fully saturated rings. The first-order chi connectivity index (χ1) is 10.1. The third kappa shape index (κ3) is 4.44. The summed E-state index contributed by atoms with van der Waals surface area (Å²) in [6.45, 7) is 0.260. The lowest BCUT2D eigenvalue weighted by atomic mass is 10.1. The second-order valence-corrected chi connectivity index (χ2v) is 5.16. The summed E-state index contributed by atoms with van der Waals surface area (Å²) >= 11 is 0. The van der Waals surface area contributed by atoms with E-state index in [2.05, 4.69) is 5.32 Å². The molecule has 0 heterocycles. The Hall–Kier alpha value is -2.11. The van der Waals surface area contributed by atoms with E-state index in [0.717, 1.165) is 31.2 Å². The molecule has 114 valence electrons.